The van der Waals surface area contributed by atoms with Crippen LogP contribution >= 0.6 is 11.8 Å². The zero-order valence-corrected chi connectivity index (χ0v) is 6.06. The van der Waals surface area contributed by atoms with E-state index in [1.54, 1.807) is 24.2 Å². The summed E-state index contributed by atoms with van der Waals surface area (Å²) in [6, 6.07) is 0. The second-order valence-corrected chi connectivity index (χ2v) is 2.28. The lowest BCUT2D eigenvalue weighted by Gasteiger charge is -1.93. The Labute approximate surface area is 58.6 Å². The van der Waals surface area contributed by atoms with Gasteiger partial charge in [0.25, 0.3) is 0 Å². The van der Waals surface area contributed by atoms with Gasteiger partial charge in [0.1, 0.15) is 0 Å². The van der Waals surface area contributed by atoms with Crippen molar-refractivity contribution in [1.82, 2.24) is 9.55 Å². The standard InChI is InChI=1S/C6H8N2S/c1-3-8-5-4-7-6(8)9-2/h3-5H,1H2,2H3. The Morgan fingerprint density at radius 1 is 1.89 bits per heavy atom. The minimum atomic E-state index is 0.977. The Hall–Kier alpha value is -0.700. The molecule has 3 heteroatoms. The fourth-order valence-corrected chi connectivity index (χ4v) is 1.11. The highest BCUT2D eigenvalue weighted by Gasteiger charge is 1.93. The SMILES string of the molecule is C=Cn1ccnc1SC. The lowest BCUT2D eigenvalue weighted by Crippen LogP contribution is -1.83. The van der Waals surface area contributed by atoms with Crippen molar-refractivity contribution in [2.24, 2.45) is 0 Å². The van der Waals surface area contributed by atoms with Gasteiger partial charge < -0.3 is 4.57 Å². The first-order valence-corrected chi connectivity index (χ1v) is 3.80. The first-order chi connectivity index (χ1) is 4.38. The fraction of sp³-hybridized carbons (Fsp3) is 0.167. The van der Waals surface area contributed by atoms with Gasteiger partial charge in [0.05, 0.1) is 0 Å². The topological polar surface area (TPSA) is 17.8 Å². The predicted octanol–water partition coefficient (Wildman–Crippen LogP) is 1.71. The van der Waals surface area contributed by atoms with Crippen LogP contribution in [0.4, 0.5) is 0 Å². The number of imidazole rings is 1. The van der Waals surface area contributed by atoms with E-state index in [1.165, 1.54) is 0 Å². The molecular weight excluding hydrogens is 132 g/mol. The van der Waals surface area contributed by atoms with Crippen molar-refractivity contribution in [2.75, 3.05) is 6.26 Å². The van der Waals surface area contributed by atoms with Gasteiger partial charge in [-0.3, -0.25) is 0 Å². The van der Waals surface area contributed by atoms with Crippen LogP contribution in [-0.2, 0) is 0 Å². The third-order valence-electron chi connectivity index (χ3n) is 1.01. The highest BCUT2D eigenvalue weighted by atomic mass is 32.2. The third-order valence-corrected chi connectivity index (χ3v) is 1.69. The lowest BCUT2D eigenvalue weighted by molar-refractivity contribution is 0.947. The van der Waals surface area contributed by atoms with Crippen molar-refractivity contribution in [3.05, 3.63) is 19.0 Å². The first kappa shape index (κ1) is 6.42. The van der Waals surface area contributed by atoms with Gasteiger partial charge in [0.15, 0.2) is 5.16 Å². The van der Waals surface area contributed by atoms with E-state index in [9.17, 15) is 0 Å². The fourth-order valence-electron chi connectivity index (χ4n) is 0.596. The minimum Gasteiger partial charge on any atom is -0.302 e. The smallest absolute Gasteiger partial charge is 0.171 e. The van der Waals surface area contributed by atoms with E-state index in [0.717, 1.165) is 5.16 Å². The monoisotopic (exact) mass is 140 g/mol. The molecule has 0 spiro atoms. The van der Waals surface area contributed by atoms with Gasteiger partial charge in [-0.25, -0.2) is 4.98 Å². The number of nitrogens with zero attached hydrogens (tertiary/aromatic N) is 2. The second-order valence-electron chi connectivity index (χ2n) is 1.50. The van der Waals surface area contributed by atoms with Crippen LogP contribution in [0, 0.1) is 0 Å². The Morgan fingerprint density at radius 2 is 2.67 bits per heavy atom. The number of hydrogen-bond acceptors (Lipinski definition) is 2. The molecule has 0 fully saturated rings. The average Bonchev–Trinajstić information content (AvgIpc) is 2.33. The van der Waals surface area contributed by atoms with E-state index in [2.05, 4.69) is 11.6 Å². The maximum absolute atomic E-state index is 4.06. The molecule has 0 unspecified atom stereocenters. The largest absolute Gasteiger partial charge is 0.302 e. The van der Waals surface area contributed by atoms with Gasteiger partial charge in [0.2, 0.25) is 0 Å². The maximum Gasteiger partial charge on any atom is 0.171 e. The number of hydrogen-bond donors (Lipinski definition) is 0. The van der Waals surface area contributed by atoms with E-state index < -0.39 is 0 Å². The quantitative estimate of drug-likeness (QED) is 0.582. The van der Waals surface area contributed by atoms with E-state index >= 15 is 0 Å². The summed E-state index contributed by atoms with van der Waals surface area (Å²) in [4.78, 5) is 4.06. The highest BCUT2D eigenvalue weighted by molar-refractivity contribution is 7.98. The van der Waals surface area contributed by atoms with Gasteiger partial charge in [0, 0.05) is 18.6 Å². The van der Waals surface area contributed by atoms with Crippen LogP contribution in [0.5, 0.6) is 0 Å². The summed E-state index contributed by atoms with van der Waals surface area (Å²) in [6.07, 6.45) is 7.35. The summed E-state index contributed by atoms with van der Waals surface area (Å²) in [5.74, 6) is 0. The van der Waals surface area contributed by atoms with Crippen molar-refractivity contribution in [1.29, 1.82) is 0 Å². The first-order valence-electron chi connectivity index (χ1n) is 2.58. The van der Waals surface area contributed by atoms with Crippen molar-refractivity contribution >= 4 is 18.0 Å². The molecule has 0 saturated carbocycles. The van der Waals surface area contributed by atoms with Crippen LogP contribution in [0.15, 0.2) is 24.1 Å². The third kappa shape index (κ3) is 1.16. The Bertz CT molecular complexity index is 205. The van der Waals surface area contributed by atoms with Gasteiger partial charge in [-0.1, -0.05) is 18.3 Å². The van der Waals surface area contributed by atoms with Crippen LogP contribution in [-0.4, -0.2) is 15.8 Å². The Kier molecular flexibility index (Phi) is 1.95. The van der Waals surface area contributed by atoms with Gasteiger partial charge in [-0.2, -0.15) is 0 Å². The van der Waals surface area contributed by atoms with E-state index in [4.69, 9.17) is 0 Å². The molecule has 1 aromatic rings. The van der Waals surface area contributed by atoms with Crippen molar-refractivity contribution in [2.45, 2.75) is 5.16 Å². The molecule has 0 aliphatic carbocycles. The van der Waals surface area contributed by atoms with Crippen LogP contribution < -0.4 is 0 Å². The van der Waals surface area contributed by atoms with Crippen molar-refractivity contribution < 1.29 is 0 Å². The number of thioether (sulfide) groups is 1. The Morgan fingerprint density at radius 3 is 3.11 bits per heavy atom. The van der Waals surface area contributed by atoms with Gasteiger partial charge in [-0.15, -0.1) is 0 Å². The molecular formula is C6H8N2S. The van der Waals surface area contributed by atoms with E-state index in [0.29, 0.717) is 0 Å². The van der Waals surface area contributed by atoms with Crippen LogP contribution in [0.25, 0.3) is 6.20 Å². The molecule has 0 saturated heterocycles. The summed E-state index contributed by atoms with van der Waals surface area (Å²) < 4.78 is 1.88. The van der Waals surface area contributed by atoms with Gasteiger partial charge >= 0.3 is 0 Å². The molecule has 0 aliphatic heterocycles. The van der Waals surface area contributed by atoms with E-state index in [-0.39, 0.29) is 0 Å². The summed E-state index contributed by atoms with van der Waals surface area (Å²) in [5.41, 5.74) is 0. The number of rotatable bonds is 2. The summed E-state index contributed by atoms with van der Waals surface area (Å²) >= 11 is 1.61. The molecule has 0 radical (unpaired) electrons. The highest BCUT2D eigenvalue weighted by Crippen LogP contribution is 2.10. The summed E-state index contributed by atoms with van der Waals surface area (Å²) in [5, 5.41) is 0.977. The molecule has 1 aromatic heterocycles. The summed E-state index contributed by atoms with van der Waals surface area (Å²) in [6.45, 7) is 3.62. The Balaban J connectivity index is 2.98. The van der Waals surface area contributed by atoms with E-state index in [1.807, 2.05) is 17.0 Å². The van der Waals surface area contributed by atoms with Crippen LogP contribution in [0.2, 0.25) is 0 Å². The lowest BCUT2D eigenvalue weighted by atomic mass is 10.9. The molecule has 48 valence electrons. The predicted molar refractivity (Wildman–Crippen MR) is 40.4 cm³/mol. The summed E-state index contributed by atoms with van der Waals surface area (Å²) in [7, 11) is 0. The van der Waals surface area contributed by atoms with Crippen LogP contribution in [0.3, 0.4) is 0 Å². The molecule has 9 heavy (non-hydrogen) atoms. The average molecular weight is 140 g/mol. The van der Waals surface area contributed by atoms with Crippen molar-refractivity contribution in [3.63, 3.8) is 0 Å². The maximum atomic E-state index is 4.06. The normalized spacial score (nSPS) is 9.44. The molecule has 1 heterocycles. The molecule has 0 aliphatic rings. The molecule has 0 atom stereocenters. The zero-order chi connectivity index (χ0) is 6.69. The molecule has 0 N–H and O–H groups in total. The van der Waals surface area contributed by atoms with Crippen LogP contribution in [0.1, 0.15) is 0 Å². The molecule has 0 bridgehead atoms. The molecule has 1 rings (SSSR count). The molecule has 0 aromatic carbocycles. The van der Waals surface area contributed by atoms with Crippen molar-refractivity contribution in [3.8, 4) is 0 Å². The zero-order valence-electron chi connectivity index (χ0n) is 5.24. The molecule has 2 nitrogen and oxygen atoms in total. The number of aromatic nitrogens is 2. The minimum absolute atomic E-state index is 0.977. The second kappa shape index (κ2) is 2.73. The van der Waals surface area contributed by atoms with Gasteiger partial charge in [-0.05, 0) is 6.26 Å². The molecule has 0 amide bonds.